The average molecular weight is 407 g/mol. The van der Waals surface area contributed by atoms with E-state index in [9.17, 15) is 13.2 Å². The summed E-state index contributed by atoms with van der Waals surface area (Å²) in [5.74, 6) is -0.0479. The summed E-state index contributed by atoms with van der Waals surface area (Å²) in [4.78, 5) is 14.8. The van der Waals surface area contributed by atoms with E-state index >= 15 is 0 Å². The first-order valence-electron chi connectivity index (χ1n) is 8.95. The maximum Gasteiger partial charge on any atom is 0.264 e. The molecule has 0 aliphatic carbocycles. The molecule has 0 atom stereocenters. The largest absolute Gasteiger partial charge is 0.339 e. The Morgan fingerprint density at radius 3 is 2.30 bits per heavy atom. The van der Waals surface area contributed by atoms with Crippen LogP contribution in [0.2, 0.25) is 5.02 Å². The third-order valence-corrected chi connectivity index (χ3v) is 6.95. The molecule has 0 spiro atoms. The molecule has 144 valence electrons. The van der Waals surface area contributed by atoms with Gasteiger partial charge in [0.1, 0.15) is 0 Å². The van der Waals surface area contributed by atoms with Crippen molar-refractivity contribution in [2.24, 2.45) is 0 Å². The van der Waals surface area contributed by atoms with Crippen molar-refractivity contribution in [3.05, 3.63) is 58.6 Å². The second-order valence-corrected chi connectivity index (χ2v) is 9.19. The van der Waals surface area contributed by atoms with Gasteiger partial charge in [0.25, 0.3) is 15.9 Å². The van der Waals surface area contributed by atoms with E-state index in [-0.39, 0.29) is 10.8 Å². The quantitative estimate of drug-likeness (QED) is 0.768. The zero-order valence-corrected chi connectivity index (χ0v) is 17.1. The van der Waals surface area contributed by atoms with Crippen LogP contribution in [-0.4, -0.2) is 39.4 Å². The lowest BCUT2D eigenvalue weighted by molar-refractivity contribution is 0.0724. The van der Waals surface area contributed by atoms with E-state index in [1.54, 1.807) is 30.3 Å². The van der Waals surface area contributed by atoms with E-state index in [2.05, 4.69) is 0 Å². The molecule has 5 nitrogen and oxygen atoms in total. The number of rotatable bonds is 4. The highest BCUT2D eigenvalue weighted by atomic mass is 35.5. The molecule has 1 saturated heterocycles. The number of amides is 1. The number of carbonyl (C=O) groups is 1. The van der Waals surface area contributed by atoms with Crippen molar-refractivity contribution in [3.8, 4) is 0 Å². The lowest BCUT2D eigenvalue weighted by Gasteiger charge is -2.27. The lowest BCUT2D eigenvalue weighted by Crippen LogP contribution is -2.35. The van der Waals surface area contributed by atoms with Crippen LogP contribution in [0.4, 0.5) is 5.69 Å². The average Bonchev–Trinajstić information content (AvgIpc) is 2.68. The van der Waals surface area contributed by atoms with E-state index in [1.807, 2.05) is 11.8 Å². The number of aryl methyl sites for hydroxylation is 1. The highest BCUT2D eigenvalue weighted by Gasteiger charge is 2.24. The van der Waals surface area contributed by atoms with Gasteiger partial charge in [0.05, 0.1) is 10.6 Å². The van der Waals surface area contributed by atoms with Gasteiger partial charge in [-0.2, -0.15) is 0 Å². The van der Waals surface area contributed by atoms with E-state index in [4.69, 9.17) is 11.6 Å². The van der Waals surface area contributed by atoms with Gasteiger partial charge in [-0.25, -0.2) is 8.42 Å². The third kappa shape index (κ3) is 4.12. The van der Waals surface area contributed by atoms with Crippen LogP contribution >= 0.6 is 11.6 Å². The SMILES string of the molecule is Cc1ccc(C(=O)N2CCCCC2)cc1N(C)S(=O)(=O)c1ccc(Cl)cc1. The number of hydrogen-bond donors (Lipinski definition) is 0. The molecule has 7 heteroatoms. The molecule has 2 aromatic rings. The molecule has 2 aromatic carbocycles. The minimum atomic E-state index is -3.75. The molecule has 3 rings (SSSR count). The number of halogens is 1. The molecule has 1 heterocycles. The third-order valence-electron chi connectivity index (χ3n) is 4.91. The summed E-state index contributed by atoms with van der Waals surface area (Å²) in [6.07, 6.45) is 3.16. The summed E-state index contributed by atoms with van der Waals surface area (Å²) in [7, 11) is -2.25. The first-order valence-corrected chi connectivity index (χ1v) is 10.8. The fourth-order valence-electron chi connectivity index (χ4n) is 3.26. The monoisotopic (exact) mass is 406 g/mol. The number of piperidine rings is 1. The van der Waals surface area contributed by atoms with Crippen molar-refractivity contribution in [3.63, 3.8) is 0 Å². The minimum Gasteiger partial charge on any atom is -0.339 e. The molecule has 0 radical (unpaired) electrons. The summed E-state index contributed by atoms with van der Waals surface area (Å²) in [5.41, 5.74) is 1.79. The number of sulfonamides is 1. The van der Waals surface area contributed by atoms with Crippen molar-refractivity contribution in [1.29, 1.82) is 0 Å². The molecule has 1 aliphatic heterocycles. The first kappa shape index (κ1) is 19.7. The molecule has 0 unspecified atom stereocenters. The molecular formula is C20H23ClN2O3S. The number of hydrogen-bond acceptors (Lipinski definition) is 3. The number of anilines is 1. The molecule has 1 aliphatic rings. The summed E-state index contributed by atoms with van der Waals surface area (Å²) in [5, 5.41) is 0.474. The molecule has 1 amide bonds. The zero-order valence-electron chi connectivity index (χ0n) is 15.5. The second-order valence-electron chi connectivity index (χ2n) is 6.78. The number of likely N-dealkylation sites (tertiary alicyclic amines) is 1. The Hall–Kier alpha value is -2.05. The van der Waals surface area contributed by atoms with Gasteiger partial charge in [0.15, 0.2) is 0 Å². The highest BCUT2D eigenvalue weighted by Crippen LogP contribution is 2.28. The van der Waals surface area contributed by atoms with Gasteiger partial charge in [-0.3, -0.25) is 9.10 Å². The van der Waals surface area contributed by atoms with Crippen molar-refractivity contribution in [2.75, 3.05) is 24.4 Å². The number of carbonyl (C=O) groups excluding carboxylic acids is 1. The van der Waals surface area contributed by atoms with Crippen molar-refractivity contribution in [2.45, 2.75) is 31.1 Å². The van der Waals surface area contributed by atoms with Crippen LogP contribution in [0.1, 0.15) is 35.2 Å². The van der Waals surface area contributed by atoms with Gasteiger partial charge >= 0.3 is 0 Å². The molecule has 0 N–H and O–H groups in total. The summed E-state index contributed by atoms with van der Waals surface area (Å²) in [6, 6.07) is 11.3. The van der Waals surface area contributed by atoms with Crippen molar-refractivity contribution >= 4 is 33.2 Å². The number of nitrogens with zero attached hydrogens (tertiary/aromatic N) is 2. The van der Waals surface area contributed by atoms with Crippen molar-refractivity contribution < 1.29 is 13.2 Å². The van der Waals surface area contributed by atoms with Gasteiger partial charge in [0.2, 0.25) is 0 Å². The van der Waals surface area contributed by atoms with E-state index < -0.39 is 10.0 Å². The first-order chi connectivity index (χ1) is 12.8. The van der Waals surface area contributed by atoms with E-state index in [0.717, 1.165) is 37.9 Å². The molecular weight excluding hydrogens is 384 g/mol. The fraction of sp³-hybridized carbons (Fsp3) is 0.350. The van der Waals surface area contributed by atoms with Crippen LogP contribution in [-0.2, 0) is 10.0 Å². The van der Waals surface area contributed by atoms with Crippen LogP contribution in [0.25, 0.3) is 0 Å². The normalized spacial score (nSPS) is 14.9. The van der Waals surface area contributed by atoms with Gasteiger partial charge < -0.3 is 4.90 Å². The van der Waals surface area contributed by atoms with Crippen LogP contribution in [0.15, 0.2) is 47.4 Å². The smallest absolute Gasteiger partial charge is 0.264 e. The maximum absolute atomic E-state index is 13.0. The van der Waals surface area contributed by atoms with Gasteiger partial charge in [-0.1, -0.05) is 17.7 Å². The predicted octanol–water partition coefficient (Wildman–Crippen LogP) is 4.10. The standard InChI is InChI=1S/C20H23ClN2O3S/c1-15-6-7-16(20(24)23-12-4-3-5-13-23)14-19(15)22(2)27(25,26)18-10-8-17(21)9-11-18/h6-11,14H,3-5,12-13H2,1-2H3. The van der Waals surface area contributed by atoms with Gasteiger partial charge in [-0.05, 0) is 68.1 Å². The molecule has 0 aromatic heterocycles. The maximum atomic E-state index is 13.0. The minimum absolute atomic E-state index is 0.0479. The lowest BCUT2D eigenvalue weighted by atomic mass is 10.1. The Balaban J connectivity index is 1.93. The Kier molecular flexibility index (Phi) is 5.77. The second kappa shape index (κ2) is 7.90. The Morgan fingerprint density at radius 2 is 1.67 bits per heavy atom. The summed E-state index contributed by atoms with van der Waals surface area (Å²) in [6.45, 7) is 3.33. The van der Waals surface area contributed by atoms with Crippen LogP contribution in [0, 0.1) is 6.92 Å². The fourth-order valence-corrected chi connectivity index (χ4v) is 4.63. The van der Waals surface area contributed by atoms with Crippen LogP contribution in [0.5, 0.6) is 0 Å². The molecule has 0 bridgehead atoms. The van der Waals surface area contributed by atoms with Crippen LogP contribution < -0.4 is 4.31 Å². The molecule has 1 fully saturated rings. The van der Waals surface area contributed by atoms with E-state index in [1.165, 1.54) is 23.5 Å². The Bertz CT molecular complexity index is 936. The summed E-state index contributed by atoms with van der Waals surface area (Å²) < 4.78 is 27.2. The number of benzene rings is 2. The molecule has 27 heavy (non-hydrogen) atoms. The zero-order chi connectivity index (χ0) is 19.6. The predicted molar refractivity (Wildman–Crippen MR) is 108 cm³/mol. The Labute approximate surface area is 165 Å². The van der Waals surface area contributed by atoms with E-state index in [0.29, 0.717) is 16.3 Å². The van der Waals surface area contributed by atoms with Crippen molar-refractivity contribution in [1.82, 2.24) is 4.90 Å². The topological polar surface area (TPSA) is 57.7 Å². The van der Waals surface area contributed by atoms with Crippen LogP contribution in [0.3, 0.4) is 0 Å². The summed E-state index contributed by atoms with van der Waals surface area (Å²) >= 11 is 5.86. The highest BCUT2D eigenvalue weighted by molar-refractivity contribution is 7.92. The Morgan fingerprint density at radius 1 is 1.04 bits per heavy atom. The molecule has 0 saturated carbocycles. The van der Waals surface area contributed by atoms with Gasteiger partial charge in [-0.15, -0.1) is 0 Å². The van der Waals surface area contributed by atoms with Gasteiger partial charge in [0, 0.05) is 30.7 Å².